The number of aldehydes is 1. The van der Waals surface area contributed by atoms with Crippen LogP contribution >= 0.6 is 0 Å². The number of methoxy groups -OCH3 is 1. The zero-order chi connectivity index (χ0) is 17.5. The molecule has 1 rings (SSSR count). The number of nitrogens with one attached hydrogen (secondary N) is 1. The van der Waals surface area contributed by atoms with Crippen LogP contribution in [0, 0.1) is 0 Å². The number of hydrogen-bond donors (Lipinski definition) is 1. The van der Waals surface area contributed by atoms with E-state index in [9.17, 15) is 14.4 Å². The van der Waals surface area contributed by atoms with Gasteiger partial charge >= 0.3 is 12.1 Å². The maximum absolute atomic E-state index is 12.3. The Morgan fingerprint density at radius 1 is 1.17 bits per heavy atom. The van der Waals surface area contributed by atoms with Crippen molar-refractivity contribution in [2.45, 2.75) is 44.8 Å². The quantitative estimate of drug-likeness (QED) is 0.642. The van der Waals surface area contributed by atoms with E-state index in [0.717, 1.165) is 5.56 Å². The van der Waals surface area contributed by atoms with E-state index in [-0.39, 0.29) is 12.8 Å². The number of esters is 1. The lowest BCUT2D eigenvalue weighted by atomic mass is 9.88. The van der Waals surface area contributed by atoms with Gasteiger partial charge < -0.3 is 19.6 Å². The molecule has 0 aliphatic rings. The highest BCUT2D eigenvalue weighted by Crippen LogP contribution is 2.20. The summed E-state index contributed by atoms with van der Waals surface area (Å²) in [7, 11) is 1.21. The van der Waals surface area contributed by atoms with E-state index >= 15 is 0 Å². The molecule has 1 atom stereocenters. The van der Waals surface area contributed by atoms with Gasteiger partial charge in [0.15, 0.2) is 5.54 Å². The van der Waals surface area contributed by atoms with E-state index in [4.69, 9.17) is 9.47 Å². The molecule has 0 fully saturated rings. The minimum atomic E-state index is -1.50. The van der Waals surface area contributed by atoms with Crippen molar-refractivity contribution >= 4 is 18.3 Å². The average Bonchev–Trinajstić information content (AvgIpc) is 2.45. The lowest BCUT2D eigenvalue weighted by Gasteiger charge is -2.31. The summed E-state index contributed by atoms with van der Waals surface area (Å²) in [6.45, 7) is 5.13. The van der Waals surface area contributed by atoms with Crippen LogP contribution < -0.4 is 5.32 Å². The highest BCUT2D eigenvalue weighted by Gasteiger charge is 2.42. The molecule has 1 aromatic carbocycles. The van der Waals surface area contributed by atoms with Gasteiger partial charge in [0.2, 0.25) is 0 Å². The second kappa shape index (κ2) is 7.76. The van der Waals surface area contributed by atoms with Gasteiger partial charge in [-0.3, -0.25) is 0 Å². The van der Waals surface area contributed by atoms with Gasteiger partial charge in [-0.05, 0) is 26.3 Å². The Hall–Kier alpha value is -2.37. The van der Waals surface area contributed by atoms with Gasteiger partial charge in [-0.2, -0.15) is 0 Å². The Kier molecular flexibility index (Phi) is 6.30. The molecular formula is C17H23NO5. The van der Waals surface area contributed by atoms with Crippen LogP contribution in [0.1, 0.15) is 32.8 Å². The summed E-state index contributed by atoms with van der Waals surface area (Å²) in [5.41, 5.74) is -1.43. The van der Waals surface area contributed by atoms with Crippen molar-refractivity contribution in [1.29, 1.82) is 0 Å². The van der Waals surface area contributed by atoms with E-state index in [1.54, 1.807) is 32.9 Å². The van der Waals surface area contributed by atoms with E-state index < -0.39 is 23.2 Å². The van der Waals surface area contributed by atoms with Crippen LogP contribution in [0.2, 0.25) is 0 Å². The number of alkyl carbamates (subject to hydrolysis) is 1. The van der Waals surface area contributed by atoms with Gasteiger partial charge in [-0.1, -0.05) is 30.3 Å². The molecule has 1 aromatic rings. The second-order valence-electron chi connectivity index (χ2n) is 6.23. The van der Waals surface area contributed by atoms with Gasteiger partial charge in [0.1, 0.15) is 11.9 Å². The molecule has 0 unspecified atom stereocenters. The van der Waals surface area contributed by atoms with Crippen LogP contribution in [-0.2, 0) is 25.5 Å². The molecule has 0 aliphatic carbocycles. The molecule has 6 nitrogen and oxygen atoms in total. The molecule has 23 heavy (non-hydrogen) atoms. The number of carbonyl (C=O) groups excluding carboxylic acids is 3. The standard InChI is InChI=1S/C17H23NO5/c1-16(2,3)23-15(21)18-17(10-11-19,14(20)22-4)12-13-8-6-5-7-9-13/h5-9,11H,10,12H2,1-4H3,(H,18,21)/t17-/m0/s1. The number of amides is 1. The van der Waals surface area contributed by atoms with E-state index in [1.807, 2.05) is 18.2 Å². The van der Waals surface area contributed by atoms with Crippen molar-refractivity contribution in [3.05, 3.63) is 35.9 Å². The highest BCUT2D eigenvalue weighted by atomic mass is 16.6. The molecule has 1 amide bonds. The molecule has 0 aromatic heterocycles. The van der Waals surface area contributed by atoms with E-state index in [1.165, 1.54) is 7.11 Å². The predicted octanol–water partition coefficient (Wildman–Crippen LogP) is 2.25. The maximum atomic E-state index is 12.3. The molecule has 0 radical (unpaired) electrons. The van der Waals surface area contributed by atoms with Crippen molar-refractivity contribution in [3.8, 4) is 0 Å². The van der Waals surface area contributed by atoms with Crippen LogP contribution in [0.15, 0.2) is 30.3 Å². The molecular weight excluding hydrogens is 298 g/mol. The van der Waals surface area contributed by atoms with E-state index in [2.05, 4.69) is 5.32 Å². The number of hydrogen-bond acceptors (Lipinski definition) is 5. The molecule has 0 saturated heterocycles. The summed E-state index contributed by atoms with van der Waals surface area (Å²) >= 11 is 0. The van der Waals surface area contributed by atoms with Crippen LogP contribution in [-0.4, -0.2) is 36.6 Å². The third-order valence-corrected chi connectivity index (χ3v) is 3.10. The zero-order valence-corrected chi connectivity index (χ0v) is 13.9. The third-order valence-electron chi connectivity index (χ3n) is 3.10. The zero-order valence-electron chi connectivity index (χ0n) is 13.9. The summed E-state index contributed by atoms with van der Waals surface area (Å²) in [5.74, 6) is -0.695. The van der Waals surface area contributed by atoms with Gasteiger partial charge in [0.25, 0.3) is 0 Å². The number of rotatable bonds is 6. The molecule has 0 heterocycles. The van der Waals surface area contributed by atoms with Crippen molar-refractivity contribution in [3.63, 3.8) is 0 Å². The molecule has 0 bridgehead atoms. The predicted molar refractivity (Wildman–Crippen MR) is 84.9 cm³/mol. The van der Waals surface area contributed by atoms with Crippen LogP contribution in [0.4, 0.5) is 4.79 Å². The Labute approximate surface area is 136 Å². The number of carbonyl (C=O) groups is 3. The average molecular weight is 321 g/mol. The monoisotopic (exact) mass is 321 g/mol. The molecule has 1 N–H and O–H groups in total. The molecule has 0 aliphatic heterocycles. The highest BCUT2D eigenvalue weighted by molar-refractivity contribution is 5.88. The first-order valence-electron chi connectivity index (χ1n) is 7.29. The fourth-order valence-electron chi connectivity index (χ4n) is 2.15. The fraction of sp³-hybridized carbons (Fsp3) is 0.471. The minimum absolute atomic E-state index is 0.124. The van der Waals surface area contributed by atoms with Crippen LogP contribution in [0.25, 0.3) is 0 Å². The summed E-state index contributed by atoms with van der Waals surface area (Å²) in [6, 6.07) is 9.07. The van der Waals surface area contributed by atoms with Crippen molar-refractivity contribution in [1.82, 2.24) is 5.32 Å². The Morgan fingerprint density at radius 3 is 2.26 bits per heavy atom. The second-order valence-corrected chi connectivity index (χ2v) is 6.23. The summed E-state index contributed by atoms with van der Waals surface area (Å²) in [6.07, 6.45) is -0.288. The van der Waals surface area contributed by atoms with Crippen LogP contribution in [0.5, 0.6) is 0 Å². The Balaban J connectivity index is 3.10. The van der Waals surface area contributed by atoms with Crippen molar-refractivity contribution in [2.24, 2.45) is 0 Å². The molecule has 6 heteroatoms. The van der Waals surface area contributed by atoms with Gasteiger partial charge in [0.05, 0.1) is 7.11 Å². The lowest BCUT2D eigenvalue weighted by Crippen LogP contribution is -2.57. The molecule has 0 saturated carbocycles. The van der Waals surface area contributed by atoms with Crippen molar-refractivity contribution < 1.29 is 23.9 Å². The topological polar surface area (TPSA) is 81.7 Å². The van der Waals surface area contributed by atoms with Gasteiger partial charge in [-0.25, -0.2) is 9.59 Å². The van der Waals surface area contributed by atoms with Gasteiger partial charge in [-0.15, -0.1) is 0 Å². The SMILES string of the molecule is COC(=O)[C@](CC=O)(Cc1ccccc1)NC(=O)OC(C)(C)C. The smallest absolute Gasteiger partial charge is 0.408 e. The molecule has 126 valence electrons. The van der Waals surface area contributed by atoms with Gasteiger partial charge in [0, 0.05) is 12.8 Å². The largest absolute Gasteiger partial charge is 0.467 e. The summed E-state index contributed by atoms with van der Waals surface area (Å²) in [5, 5.41) is 2.52. The minimum Gasteiger partial charge on any atom is -0.467 e. The summed E-state index contributed by atoms with van der Waals surface area (Å²) < 4.78 is 10.0. The first kappa shape index (κ1) is 18.7. The number of ether oxygens (including phenoxy) is 2. The fourth-order valence-corrected chi connectivity index (χ4v) is 2.15. The number of benzene rings is 1. The first-order chi connectivity index (χ1) is 10.7. The molecule has 0 spiro atoms. The van der Waals surface area contributed by atoms with Crippen LogP contribution in [0.3, 0.4) is 0 Å². The Bertz CT molecular complexity index is 550. The third kappa shape index (κ3) is 5.73. The maximum Gasteiger partial charge on any atom is 0.408 e. The lowest BCUT2D eigenvalue weighted by molar-refractivity contribution is -0.149. The normalized spacial score (nSPS) is 13.6. The first-order valence-corrected chi connectivity index (χ1v) is 7.29. The van der Waals surface area contributed by atoms with Crippen molar-refractivity contribution in [2.75, 3.05) is 7.11 Å². The van der Waals surface area contributed by atoms with E-state index in [0.29, 0.717) is 6.29 Å². The summed E-state index contributed by atoms with van der Waals surface area (Å²) in [4.78, 5) is 35.5. The Morgan fingerprint density at radius 2 is 1.78 bits per heavy atom.